The van der Waals surface area contributed by atoms with Crippen LogP contribution < -0.4 is 11.1 Å². The van der Waals surface area contributed by atoms with Gasteiger partial charge >= 0.3 is 0 Å². The molecule has 2 heterocycles. The van der Waals surface area contributed by atoms with Gasteiger partial charge in [0.25, 0.3) is 0 Å². The summed E-state index contributed by atoms with van der Waals surface area (Å²) in [6.45, 7) is 3.12. The second-order valence-corrected chi connectivity index (χ2v) is 4.62. The molecular formula is C10H17N3O2. The average molecular weight is 211 g/mol. The highest BCUT2D eigenvalue weighted by Gasteiger charge is 2.45. The Balaban J connectivity index is 1.87. The van der Waals surface area contributed by atoms with E-state index in [2.05, 4.69) is 5.32 Å². The summed E-state index contributed by atoms with van der Waals surface area (Å²) in [5, 5.41) is 2.94. The molecule has 2 saturated heterocycles. The molecule has 0 aromatic heterocycles. The standard InChI is InChI=1S/C10H17N3O2/c1-7(11)9(15)13-4-2-10(3-5-13)6-8(14)12-10/h7H,2-6,11H2,1H3,(H,12,14)/t7-/m1/s1. The topological polar surface area (TPSA) is 75.4 Å². The van der Waals surface area contributed by atoms with Crippen molar-refractivity contribution in [3.8, 4) is 0 Å². The first-order valence-corrected chi connectivity index (χ1v) is 5.38. The zero-order valence-electron chi connectivity index (χ0n) is 8.95. The van der Waals surface area contributed by atoms with Gasteiger partial charge in [0.15, 0.2) is 0 Å². The lowest BCUT2D eigenvalue weighted by molar-refractivity contribution is -0.139. The Kier molecular flexibility index (Phi) is 2.42. The van der Waals surface area contributed by atoms with Crippen molar-refractivity contribution < 1.29 is 9.59 Å². The average Bonchev–Trinajstić information content (AvgIpc) is 2.16. The molecule has 2 rings (SSSR count). The highest BCUT2D eigenvalue weighted by Crippen LogP contribution is 2.31. The van der Waals surface area contributed by atoms with Gasteiger partial charge in [0.05, 0.1) is 11.6 Å². The van der Waals surface area contributed by atoms with Crippen LogP contribution in [0, 0.1) is 0 Å². The van der Waals surface area contributed by atoms with E-state index in [0.717, 1.165) is 12.8 Å². The van der Waals surface area contributed by atoms with Crippen LogP contribution in [0.25, 0.3) is 0 Å². The van der Waals surface area contributed by atoms with Crippen LogP contribution in [-0.4, -0.2) is 41.4 Å². The highest BCUT2D eigenvalue weighted by molar-refractivity contribution is 5.85. The Morgan fingerprint density at radius 2 is 2.07 bits per heavy atom. The number of carbonyl (C=O) groups is 2. The monoisotopic (exact) mass is 211 g/mol. The van der Waals surface area contributed by atoms with Crippen molar-refractivity contribution in [3.63, 3.8) is 0 Å². The van der Waals surface area contributed by atoms with Crippen LogP contribution in [0.4, 0.5) is 0 Å². The Hall–Kier alpha value is -1.10. The summed E-state index contributed by atoms with van der Waals surface area (Å²) in [5.74, 6) is 0.137. The summed E-state index contributed by atoms with van der Waals surface area (Å²) in [6, 6.07) is -0.421. The number of piperidine rings is 1. The van der Waals surface area contributed by atoms with E-state index in [4.69, 9.17) is 5.73 Å². The molecule has 0 aromatic carbocycles. The smallest absolute Gasteiger partial charge is 0.239 e. The van der Waals surface area contributed by atoms with Crippen LogP contribution in [-0.2, 0) is 9.59 Å². The zero-order valence-corrected chi connectivity index (χ0v) is 8.95. The number of amides is 2. The van der Waals surface area contributed by atoms with Gasteiger partial charge in [-0.15, -0.1) is 0 Å². The first kappa shape index (κ1) is 10.4. The first-order chi connectivity index (χ1) is 7.02. The number of hydrogen-bond acceptors (Lipinski definition) is 3. The Morgan fingerprint density at radius 3 is 2.47 bits per heavy atom. The fraction of sp³-hybridized carbons (Fsp3) is 0.800. The summed E-state index contributed by atoms with van der Waals surface area (Å²) in [7, 11) is 0. The molecule has 1 spiro atoms. The van der Waals surface area contributed by atoms with Crippen molar-refractivity contribution in [1.82, 2.24) is 10.2 Å². The predicted octanol–water partition coefficient (Wildman–Crippen LogP) is -0.785. The molecule has 0 unspecified atom stereocenters. The van der Waals surface area contributed by atoms with E-state index in [1.54, 1.807) is 11.8 Å². The van der Waals surface area contributed by atoms with Gasteiger partial charge in [-0.2, -0.15) is 0 Å². The van der Waals surface area contributed by atoms with Crippen molar-refractivity contribution in [1.29, 1.82) is 0 Å². The van der Waals surface area contributed by atoms with E-state index in [9.17, 15) is 9.59 Å². The van der Waals surface area contributed by atoms with E-state index in [1.807, 2.05) is 0 Å². The molecule has 0 bridgehead atoms. The van der Waals surface area contributed by atoms with Crippen LogP contribution >= 0.6 is 0 Å². The Morgan fingerprint density at radius 1 is 1.53 bits per heavy atom. The SMILES string of the molecule is C[C@@H](N)C(=O)N1CCC2(CC1)CC(=O)N2. The van der Waals surface area contributed by atoms with Crippen molar-refractivity contribution in [3.05, 3.63) is 0 Å². The fourth-order valence-electron chi connectivity index (χ4n) is 2.33. The van der Waals surface area contributed by atoms with E-state index < -0.39 is 6.04 Å². The molecular weight excluding hydrogens is 194 g/mol. The largest absolute Gasteiger partial charge is 0.350 e. The quantitative estimate of drug-likeness (QED) is 0.558. The Bertz CT molecular complexity index is 283. The van der Waals surface area contributed by atoms with Crippen molar-refractivity contribution in [2.24, 2.45) is 5.73 Å². The van der Waals surface area contributed by atoms with E-state index in [0.29, 0.717) is 19.5 Å². The van der Waals surface area contributed by atoms with Gasteiger partial charge < -0.3 is 16.0 Å². The van der Waals surface area contributed by atoms with Gasteiger partial charge in [-0.25, -0.2) is 0 Å². The maximum absolute atomic E-state index is 11.6. The second-order valence-electron chi connectivity index (χ2n) is 4.62. The molecule has 5 heteroatoms. The number of nitrogens with zero attached hydrogens (tertiary/aromatic N) is 1. The van der Waals surface area contributed by atoms with Gasteiger partial charge in [0.2, 0.25) is 11.8 Å². The maximum atomic E-state index is 11.6. The summed E-state index contributed by atoms with van der Waals surface area (Å²) in [6.07, 6.45) is 2.33. The molecule has 3 N–H and O–H groups in total. The lowest BCUT2D eigenvalue weighted by Gasteiger charge is -2.48. The molecule has 1 atom stereocenters. The third-order valence-electron chi connectivity index (χ3n) is 3.33. The van der Waals surface area contributed by atoms with Crippen LogP contribution in [0.15, 0.2) is 0 Å². The summed E-state index contributed by atoms with van der Waals surface area (Å²) >= 11 is 0. The molecule has 5 nitrogen and oxygen atoms in total. The van der Waals surface area contributed by atoms with Gasteiger partial charge in [-0.05, 0) is 19.8 Å². The lowest BCUT2D eigenvalue weighted by atomic mass is 9.78. The number of rotatable bonds is 1. The lowest BCUT2D eigenvalue weighted by Crippen LogP contribution is -2.65. The number of β-lactam (4-membered cyclic amide) rings is 1. The summed E-state index contributed by atoms with van der Waals surface area (Å²) < 4.78 is 0. The molecule has 0 radical (unpaired) electrons. The van der Waals surface area contributed by atoms with Gasteiger partial charge in [-0.3, -0.25) is 9.59 Å². The van der Waals surface area contributed by atoms with Crippen LogP contribution in [0.1, 0.15) is 26.2 Å². The molecule has 84 valence electrons. The molecule has 2 amide bonds. The van der Waals surface area contributed by atoms with E-state index in [-0.39, 0.29) is 17.4 Å². The molecule has 2 aliphatic heterocycles. The minimum absolute atomic E-state index is 0.00823. The molecule has 2 aliphatic rings. The number of carbonyl (C=O) groups excluding carboxylic acids is 2. The molecule has 2 fully saturated rings. The fourth-order valence-corrected chi connectivity index (χ4v) is 2.33. The molecule has 15 heavy (non-hydrogen) atoms. The highest BCUT2D eigenvalue weighted by atomic mass is 16.2. The summed E-state index contributed by atoms with van der Waals surface area (Å²) in [4.78, 5) is 24.3. The van der Waals surface area contributed by atoms with Crippen LogP contribution in [0.5, 0.6) is 0 Å². The van der Waals surface area contributed by atoms with E-state index in [1.165, 1.54) is 0 Å². The number of nitrogens with one attached hydrogen (secondary N) is 1. The number of nitrogens with two attached hydrogens (primary N) is 1. The Labute approximate surface area is 89.0 Å². The maximum Gasteiger partial charge on any atom is 0.239 e. The normalized spacial score (nSPS) is 25.7. The van der Waals surface area contributed by atoms with Gasteiger partial charge in [-0.1, -0.05) is 0 Å². The first-order valence-electron chi connectivity index (χ1n) is 5.38. The second kappa shape index (κ2) is 3.48. The molecule has 0 aliphatic carbocycles. The zero-order chi connectivity index (χ0) is 11.1. The minimum atomic E-state index is -0.421. The van der Waals surface area contributed by atoms with Crippen LogP contribution in [0.2, 0.25) is 0 Å². The van der Waals surface area contributed by atoms with Gasteiger partial charge in [0, 0.05) is 19.5 Å². The molecule has 0 saturated carbocycles. The van der Waals surface area contributed by atoms with Crippen molar-refractivity contribution >= 4 is 11.8 Å². The predicted molar refractivity (Wildman–Crippen MR) is 55.0 cm³/mol. The number of hydrogen-bond donors (Lipinski definition) is 2. The van der Waals surface area contributed by atoms with Crippen LogP contribution in [0.3, 0.4) is 0 Å². The molecule has 0 aromatic rings. The third kappa shape index (κ3) is 1.84. The summed E-state index contributed by atoms with van der Waals surface area (Å²) in [5.41, 5.74) is 5.53. The minimum Gasteiger partial charge on any atom is -0.350 e. The van der Waals surface area contributed by atoms with Gasteiger partial charge in [0.1, 0.15) is 0 Å². The van der Waals surface area contributed by atoms with E-state index >= 15 is 0 Å². The third-order valence-corrected chi connectivity index (χ3v) is 3.33. The van der Waals surface area contributed by atoms with Crippen molar-refractivity contribution in [2.45, 2.75) is 37.8 Å². The number of likely N-dealkylation sites (tertiary alicyclic amines) is 1. The van der Waals surface area contributed by atoms with Crippen molar-refractivity contribution in [2.75, 3.05) is 13.1 Å².